The maximum Gasteiger partial charge on any atom is 0.343 e. The third-order valence-electron chi connectivity index (χ3n) is 1.39. The summed E-state index contributed by atoms with van der Waals surface area (Å²) >= 11 is 3.01. The highest BCUT2D eigenvalue weighted by Gasteiger charge is 2.12. The molecule has 0 atom stereocenters. The van der Waals surface area contributed by atoms with Gasteiger partial charge in [-0.2, -0.15) is 0 Å². The van der Waals surface area contributed by atoms with Gasteiger partial charge in [-0.3, -0.25) is 4.79 Å². The molecule has 0 aliphatic heterocycles. The molecule has 0 aliphatic carbocycles. The van der Waals surface area contributed by atoms with Gasteiger partial charge in [-0.15, -0.1) is 0 Å². The number of aromatic nitrogens is 1. The Morgan fingerprint density at radius 1 is 1.62 bits per heavy atom. The van der Waals surface area contributed by atoms with Crippen LogP contribution in [-0.2, 0) is 4.74 Å². The Morgan fingerprint density at radius 2 is 2.31 bits per heavy atom. The Labute approximate surface area is 83.1 Å². The molecule has 1 heterocycles. The van der Waals surface area contributed by atoms with Crippen LogP contribution < -0.4 is 5.43 Å². The smallest absolute Gasteiger partial charge is 0.343 e. The Balaban J connectivity index is 3.08. The number of hydrogen-bond acceptors (Lipinski definition) is 3. The molecule has 1 aromatic rings. The third kappa shape index (κ3) is 2.18. The highest BCUT2D eigenvalue weighted by molar-refractivity contribution is 9.10. The Hall–Kier alpha value is -1.10. The second-order valence-electron chi connectivity index (χ2n) is 2.27. The number of rotatable bonds is 2. The molecule has 0 aliphatic rings. The summed E-state index contributed by atoms with van der Waals surface area (Å²) in [7, 11) is 0. The number of halogens is 1. The van der Waals surface area contributed by atoms with Crippen molar-refractivity contribution in [3.05, 3.63) is 32.7 Å². The molecular formula is C8H8BrNO3. The number of hydrogen-bond donors (Lipinski definition) is 1. The first-order valence-electron chi connectivity index (χ1n) is 3.70. The van der Waals surface area contributed by atoms with Crippen molar-refractivity contribution in [3.63, 3.8) is 0 Å². The van der Waals surface area contributed by atoms with Crippen molar-refractivity contribution in [1.29, 1.82) is 0 Å². The molecule has 5 heteroatoms. The van der Waals surface area contributed by atoms with Crippen LogP contribution in [-0.4, -0.2) is 17.6 Å². The van der Waals surface area contributed by atoms with E-state index in [1.165, 1.54) is 12.4 Å². The summed E-state index contributed by atoms with van der Waals surface area (Å²) in [5, 5.41) is 0. The van der Waals surface area contributed by atoms with Crippen molar-refractivity contribution in [3.8, 4) is 0 Å². The normalized spacial score (nSPS) is 9.69. The summed E-state index contributed by atoms with van der Waals surface area (Å²) in [6, 6.07) is 0. The van der Waals surface area contributed by atoms with Crippen LogP contribution in [0.25, 0.3) is 0 Å². The maximum atomic E-state index is 11.3. The predicted octanol–water partition coefficient (Wildman–Crippen LogP) is 1.31. The quantitative estimate of drug-likeness (QED) is 0.800. The Morgan fingerprint density at radius 3 is 2.92 bits per heavy atom. The highest BCUT2D eigenvalue weighted by Crippen LogP contribution is 2.02. The van der Waals surface area contributed by atoms with E-state index in [4.69, 9.17) is 0 Å². The number of nitrogens with one attached hydrogen (secondary N) is 1. The van der Waals surface area contributed by atoms with Gasteiger partial charge in [0.2, 0.25) is 5.43 Å². The third-order valence-corrected chi connectivity index (χ3v) is 1.98. The average molecular weight is 246 g/mol. The average Bonchev–Trinajstić information content (AvgIpc) is 2.10. The van der Waals surface area contributed by atoms with E-state index >= 15 is 0 Å². The second-order valence-corrected chi connectivity index (χ2v) is 3.12. The second kappa shape index (κ2) is 4.23. The van der Waals surface area contributed by atoms with E-state index in [1.807, 2.05) is 0 Å². The molecule has 0 unspecified atom stereocenters. The molecule has 0 fully saturated rings. The van der Waals surface area contributed by atoms with Gasteiger partial charge in [-0.05, 0) is 22.9 Å². The zero-order valence-electron chi connectivity index (χ0n) is 6.96. The first kappa shape index (κ1) is 9.98. The van der Waals surface area contributed by atoms with Gasteiger partial charge < -0.3 is 9.72 Å². The lowest BCUT2D eigenvalue weighted by molar-refractivity contribution is 0.0524. The van der Waals surface area contributed by atoms with Crippen LogP contribution in [0.4, 0.5) is 0 Å². The topological polar surface area (TPSA) is 59.2 Å². The number of carbonyl (C=O) groups excluding carboxylic acids is 1. The van der Waals surface area contributed by atoms with Gasteiger partial charge in [0, 0.05) is 12.4 Å². The van der Waals surface area contributed by atoms with E-state index in [-0.39, 0.29) is 17.6 Å². The van der Waals surface area contributed by atoms with Crippen molar-refractivity contribution in [2.24, 2.45) is 0 Å². The van der Waals surface area contributed by atoms with Crippen molar-refractivity contribution < 1.29 is 9.53 Å². The summed E-state index contributed by atoms with van der Waals surface area (Å²) in [6.45, 7) is 1.94. The van der Waals surface area contributed by atoms with Crippen molar-refractivity contribution >= 4 is 21.9 Å². The zero-order chi connectivity index (χ0) is 9.84. The van der Waals surface area contributed by atoms with E-state index in [9.17, 15) is 9.59 Å². The van der Waals surface area contributed by atoms with Crippen LogP contribution in [0.2, 0.25) is 0 Å². The van der Waals surface area contributed by atoms with E-state index in [2.05, 4.69) is 25.7 Å². The van der Waals surface area contributed by atoms with Crippen molar-refractivity contribution in [2.45, 2.75) is 6.92 Å². The first-order chi connectivity index (χ1) is 6.16. The van der Waals surface area contributed by atoms with Crippen LogP contribution in [0.5, 0.6) is 0 Å². The van der Waals surface area contributed by atoms with Gasteiger partial charge in [0.15, 0.2) is 0 Å². The molecule has 13 heavy (non-hydrogen) atoms. The van der Waals surface area contributed by atoms with Gasteiger partial charge in [0.1, 0.15) is 5.56 Å². The molecule has 0 saturated heterocycles. The molecule has 1 N–H and O–H groups in total. The lowest BCUT2D eigenvalue weighted by Crippen LogP contribution is -2.17. The molecule has 4 nitrogen and oxygen atoms in total. The molecular weight excluding hydrogens is 238 g/mol. The minimum atomic E-state index is -0.606. The minimum Gasteiger partial charge on any atom is -0.462 e. The number of ether oxygens (including phenoxy) is 1. The molecule has 1 rings (SSSR count). The fraction of sp³-hybridized carbons (Fsp3) is 0.250. The van der Waals surface area contributed by atoms with E-state index < -0.39 is 5.97 Å². The fourth-order valence-electron chi connectivity index (χ4n) is 0.818. The molecule has 0 spiro atoms. The number of H-pyrrole nitrogens is 1. The van der Waals surface area contributed by atoms with Gasteiger partial charge in [0.25, 0.3) is 0 Å². The Bertz CT molecular complexity index is 372. The molecule has 1 aromatic heterocycles. The van der Waals surface area contributed by atoms with Crippen LogP contribution in [0.1, 0.15) is 17.3 Å². The summed E-state index contributed by atoms with van der Waals surface area (Å²) in [5.74, 6) is -0.606. The van der Waals surface area contributed by atoms with Crippen LogP contribution >= 0.6 is 15.9 Å². The van der Waals surface area contributed by atoms with Gasteiger partial charge in [-0.25, -0.2) is 4.79 Å². The largest absolute Gasteiger partial charge is 0.462 e. The molecule has 0 saturated carbocycles. The van der Waals surface area contributed by atoms with E-state index in [1.54, 1.807) is 6.92 Å². The molecule has 0 radical (unpaired) electrons. The van der Waals surface area contributed by atoms with Crippen LogP contribution in [0.3, 0.4) is 0 Å². The minimum absolute atomic E-state index is 0.0104. The van der Waals surface area contributed by atoms with Gasteiger partial charge >= 0.3 is 5.97 Å². The highest BCUT2D eigenvalue weighted by atomic mass is 79.9. The number of esters is 1. The van der Waals surface area contributed by atoms with E-state index in [0.717, 1.165) is 0 Å². The zero-order valence-corrected chi connectivity index (χ0v) is 8.55. The number of carbonyl (C=O) groups is 1. The standard InChI is InChI=1S/C8H8BrNO3/c1-2-13-8(12)5-3-10-4-6(9)7(5)11/h3-4H,2H2,1H3,(H,10,11). The van der Waals surface area contributed by atoms with Crippen molar-refractivity contribution in [2.75, 3.05) is 6.61 Å². The molecule has 70 valence electrons. The maximum absolute atomic E-state index is 11.3. The summed E-state index contributed by atoms with van der Waals surface area (Å²) in [5.41, 5.74) is -0.353. The van der Waals surface area contributed by atoms with Crippen LogP contribution in [0.15, 0.2) is 21.7 Å². The molecule has 0 aromatic carbocycles. The summed E-state index contributed by atoms with van der Waals surface area (Å²) in [4.78, 5) is 25.1. The van der Waals surface area contributed by atoms with Gasteiger partial charge in [-0.1, -0.05) is 0 Å². The monoisotopic (exact) mass is 245 g/mol. The van der Waals surface area contributed by atoms with Gasteiger partial charge in [0.05, 0.1) is 11.1 Å². The SMILES string of the molecule is CCOC(=O)c1c[nH]cc(Br)c1=O. The molecule has 0 bridgehead atoms. The predicted molar refractivity (Wildman–Crippen MR) is 50.7 cm³/mol. The number of pyridine rings is 1. The number of aromatic amines is 1. The fourth-order valence-corrected chi connectivity index (χ4v) is 1.16. The van der Waals surface area contributed by atoms with Crippen molar-refractivity contribution in [1.82, 2.24) is 4.98 Å². The van der Waals surface area contributed by atoms with E-state index in [0.29, 0.717) is 4.47 Å². The summed E-state index contributed by atoms with van der Waals surface area (Å²) < 4.78 is 5.00. The Kier molecular flexibility index (Phi) is 3.25. The first-order valence-corrected chi connectivity index (χ1v) is 4.49. The summed E-state index contributed by atoms with van der Waals surface area (Å²) in [6.07, 6.45) is 2.79. The molecule has 0 amide bonds. The van der Waals surface area contributed by atoms with Crippen LogP contribution in [0, 0.1) is 0 Å². The lowest BCUT2D eigenvalue weighted by Gasteiger charge is -2.00. The lowest BCUT2D eigenvalue weighted by atomic mass is 10.3.